The van der Waals surface area contributed by atoms with E-state index in [4.69, 9.17) is 4.74 Å². The molecule has 8 heteroatoms. The van der Waals surface area contributed by atoms with E-state index in [0.29, 0.717) is 41.4 Å². The fourth-order valence-corrected chi connectivity index (χ4v) is 5.06. The standard InChI is InChI=1S/C32H34N4O4/c1-3-40-26-15-12-24(13-16-26)31(38)34-25-14-17-27(30(37)18-25)28-19-29(23-6-4-5-7-23)36(35-28)32(39)33-20-22-10-8-21(2)9-11-22/h8-19,23,37H,3-7,20H2,1-2H3,(H,33,39)(H,34,38). The predicted molar refractivity (Wildman–Crippen MR) is 155 cm³/mol. The lowest BCUT2D eigenvalue weighted by atomic mass is 10.0. The average molecular weight is 539 g/mol. The molecule has 5 rings (SSSR count). The third-order valence-corrected chi connectivity index (χ3v) is 7.23. The number of rotatable bonds is 8. The second kappa shape index (κ2) is 12.1. The van der Waals surface area contributed by atoms with E-state index in [0.717, 1.165) is 42.5 Å². The first-order valence-electron chi connectivity index (χ1n) is 13.7. The van der Waals surface area contributed by atoms with E-state index in [1.54, 1.807) is 36.4 Å². The number of hydrogen-bond donors (Lipinski definition) is 3. The molecule has 0 radical (unpaired) electrons. The van der Waals surface area contributed by atoms with Crippen molar-refractivity contribution in [1.29, 1.82) is 0 Å². The number of phenols is 1. The van der Waals surface area contributed by atoms with Crippen molar-refractivity contribution < 1.29 is 19.4 Å². The van der Waals surface area contributed by atoms with E-state index in [-0.39, 0.29) is 23.6 Å². The van der Waals surface area contributed by atoms with Crippen LogP contribution in [0.15, 0.2) is 72.8 Å². The number of phenolic OH excluding ortho intramolecular Hbond substituents is 1. The highest BCUT2D eigenvalue weighted by molar-refractivity contribution is 6.04. The zero-order valence-electron chi connectivity index (χ0n) is 22.8. The van der Waals surface area contributed by atoms with E-state index in [9.17, 15) is 14.7 Å². The van der Waals surface area contributed by atoms with Crippen molar-refractivity contribution in [2.75, 3.05) is 11.9 Å². The molecule has 1 saturated carbocycles. The van der Waals surface area contributed by atoms with Crippen molar-refractivity contribution in [3.05, 3.63) is 95.2 Å². The topological polar surface area (TPSA) is 105 Å². The van der Waals surface area contributed by atoms with Crippen LogP contribution in [0.1, 0.15) is 65.7 Å². The maximum atomic E-state index is 13.2. The Labute approximate surface area is 234 Å². The minimum atomic E-state index is -0.299. The van der Waals surface area contributed by atoms with Gasteiger partial charge < -0.3 is 20.5 Å². The van der Waals surface area contributed by atoms with E-state index >= 15 is 0 Å². The fraction of sp³-hybridized carbons (Fsp3) is 0.281. The van der Waals surface area contributed by atoms with Gasteiger partial charge in [-0.1, -0.05) is 42.7 Å². The molecule has 4 aromatic rings. The van der Waals surface area contributed by atoms with Gasteiger partial charge in [-0.15, -0.1) is 0 Å². The van der Waals surface area contributed by atoms with Gasteiger partial charge in [-0.3, -0.25) is 4.79 Å². The number of hydrogen-bond acceptors (Lipinski definition) is 5. The molecule has 8 nitrogen and oxygen atoms in total. The highest BCUT2D eigenvalue weighted by Gasteiger charge is 2.26. The lowest BCUT2D eigenvalue weighted by Gasteiger charge is -2.12. The molecule has 1 aliphatic rings. The Morgan fingerprint density at radius 1 is 1.00 bits per heavy atom. The van der Waals surface area contributed by atoms with Crippen LogP contribution in [-0.4, -0.2) is 33.4 Å². The summed E-state index contributed by atoms with van der Waals surface area (Å²) < 4.78 is 6.87. The molecule has 1 fully saturated rings. The molecule has 0 atom stereocenters. The van der Waals surface area contributed by atoms with Crippen LogP contribution in [0.3, 0.4) is 0 Å². The second-order valence-electron chi connectivity index (χ2n) is 10.1. The number of carbonyl (C=O) groups is 2. The molecule has 40 heavy (non-hydrogen) atoms. The number of benzene rings is 3. The number of aromatic nitrogens is 2. The lowest BCUT2D eigenvalue weighted by Crippen LogP contribution is -2.30. The van der Waals surface area contributed by atoms with Gasteiger partial charge in [-0.05, 0) is 74.7 Å². The van der Waals surface area contributed by atoms with Gasteiger partial charge in [0.2, 0.25) is 0 Å². The van der Waals surface area contributed by atoms with Crippen LogP contribution >= 0.6 is 0 Å². The van der Waals surface area contributed by atoms with Gasteiger partial charge in [0.25, 0.3) is 5.91 Å². The molecule has 2 amide bonds. The van der Waals surface area contributed by atoms with Crippen LogP contribution < -0.4 is 15.4 Å². The number of nitrogens with one attached hydrogen (secondary N) is 2. The zero-order valence-corrected chi connectivity index (χ0v) is 22.8. The van der Waals surface area contributed by atoms with Crippen LogP contribution in [-0.2, 0) is 6.54 Å². The first-order valence-corrected chi connectivity index (χ1v) is 13.7. The summed E-state index contributed by atoms with van der Waals surface area (Å²) in [5, 5.41) is 21.3. The van der Waals surface area contributed by atoms with Crippen molar-refractivity contribution in [2.24, 2.45) is 0 Å². The largest absolute Gasteiger partial charge is 0.507 e. The van der Waals surface area contributed by atoms with Crippen LogP contribution in [0.5, 0.6) is 11.5 Å². The van der Waals surface area contributed by atoms with Gasteiger partial charge in [0, 0.05) is 35.3 Å². The number of ether oxygens (including phenoxy) is 1. The van der Waals surface area contributed by atoms with Crippen molar-refractivity contribution in [2.45, 2.75) is 52.0 Å². The number of anilines is 1. The molecule has 3 N–H and O–H groups in total. The van der Waals surface area contributed by atoms with Gasteiger partial charge >= 0.3 is 6.03 Å². The molecule has 1 aromatic heterocycles. The molecule has 1 aliphatic carbocycles. The van der Waals surface area contributed by atoms with E-state index in [2.05, 4.69) is 15.7 Å². The SMILES string of the molecule is CCOc1ccc(C(=O)Nc2ccc(-c3cc(C4CCCC4)n(C(=O)NCc4ccc(C)cc4)n3)c(O)c2)cc1. The Bertz CT molecular complexity index is 1490. The molecular formula is C32H34N4O4. The summed E-state index contributed by atoms with van der Waals surface area (Å²) in [6.07, 6.45) is 4.23. The van der Waals surface area contributed by atoms with Gasteiger partial charge in [-0.2, -0.15) is 9.78 Å². The number of aryl methyl sites for hydroxylation is 1. The van der Waals surface area contributed by atoms with Crippen molar-refractivity contribution in [3.63, 3.8) is 0 Å². The molecule has 0 spiro atoms. The summed E-state index contributed by atoms with van der Waals surface area (Å²) in [6, 6.07) is 21.4. The summed E-state index contributed by atoms with van der Waals surface area (Å²) >= 11 is 0. The lowest BCUT2D eigenvalue weighted by molar-refractivity contribution is 0.102. The third-order valence-electron chi connectivity index (χ3n) is 7.23. The summed E-state index contributed by atoms with van der Waals surface area (Å²) in [5.74, 6) is 0.600. The maximum Gasteiger partial charge on any atom is 0.342 e. The molecule has 206 valence electrons. The first kappa shape index (κ1) is 27.0. The number of carbonyl (C=O) groups excluding carboxylic acids is 2. The molecule has 0 aliphatic heterocycles. The Kier molecular flexibility index (Phi) is 8.15. The molecule has 0 unspecified atom stereocenters. The normalized spacial score (nSPS) is 13.2. The Morgan fingerprint density at radius 2 is 1.73 bits per heavy atom. The summed E-state index contributed by atoms with van der Waals surface area (Å²) in [5.41, 5.74) is 4.94. The molecular weight excluding hydrogens is 504 g/mol. The molecule has 3 aromatic carbocycles. The summed E-state index contributed by atoms with van der Waals surface area (Å²) in [7, 11) is 0. The summed E-state index contributed by atoms with van der Waals surface area (Å²) in [4.78, 5) is 25.9. The Morgan fingerprint density at radius 3 is 2.40 bits per heavy atom. The van der Waals surface area contributed by atoms with E-state index in [1.165, 1.54) is 10.7 Å². The number of amides is 2. The number of aromatic hydroxyl groups is 1. The molecule has 0 saturated heterocycles. The first-order chi connectivity index (χ1) is 19.4. The van der Waals surface area contributed by atoms with Crippen LogP contribution in [0.4, 0.5) is 10.5 Å². The average Bonchev–Trinajstić information content (AvgIpc) is 3.64. The van der Waals surface area contributed by atoms with Crippen LogP contribution in [0.2, 0.25) is 0 Å². The van der Waals surface area contributed by atoms with Crippen molar-refractivity contribution >= 4 is 17.6 Å². The predicted octanol–water partition coefficient (Wildman–Crippen LogP) is 6.63. The quantitative estimate of drug-likeness (QED) is 0.233. The molecule has 1 heterocycles. The highest BCUT2D eigenvalue weighted by atomic mass is 16.5. The van der Waals surface area contributed by atoms with Crippen molar-refractivity contribution in [1.82, 2.24) is 15.1 Å². The number of nitrogens with zero attached hydrogens (tertiary/aromatic N) is 2. The van der Waals surface area contributed by atoms with E-state index < -0.39 is 0 Å². The van der Waals surface area contributed by atoms with E-state index in [1.807, 2.05) is 44.2 Å². The van der Waals surface area contributed by atoms with Crippen LogP contribution in [0, 0.1) is 6.92 Å². The maximum absolute atomic E-state index is 13.2. The second-order valence-corrected chi connectivity index (χ2v) is 10.1. The van der Waals surface area contributed by atoms with Crippen molar-refractivity contribution in [3.8, 4) is 22.8 Å². The summed E-state index contributed by atoms with van der Waals surface area (Å²) in [6.45, 7) is 4.87. The zero-order chi connectivity index (χ0) is 28.1. The Balaban J connectivity index is 1.34. The third kappa shape index (κ3) is 6.17. The van der Waals surface area contributed by atoms with Crippen LogP contribution in [0.25, 0.3) is 11.3 Å². The van der Waals surface area contributed by atoms with Gasteiger partial charge in [0.15, 0.2) is 0 Å². The van der Waals surface area contributed by atoms with Gasteiger partial charge in [0.1, 0.15) is 11.5 Å². The van der Waals surface area contributed by atoms with Gasteiger partial charge in [0.05, 0.1) is 18.0 Å². The highest BCUT2D eigenvalue weighted by Crippen LogP contribution is 2.38. The molecule has 0 bridgehead atoms. The smallest absolute Gasteiger partial charge is 0.342 e. The fourth-order valence-electron chi connectivity index (χ4n) is 5.06. The minimum Gasteiger partial charge on any atom is -0.507 e. The monoisotopic (exact) mass is 538 g/mol. The minimum absolute atomic E-state index is 0.0350. The Hall–Kier alpha value is -4.59. The van der Waals surface area contributed by atoms with Gasteiger partial charge in [-0.25, -0.2) is 4.79 Å².